The van der Waals surface area contributed by atoms with E-state index in [0.717, 1.165) is 72.3 Å². The second kappa shape index (κ2) is 13.4. The highest BCUT2D eigenvalue weighted by molar-refractivity contribution is 6.06. The number of hydrogen-bond donors (Lipinski definition) is 0. The second-order valence-corrected chi connectivity index (χ2v) is 15.8. The Morgan fingerprint density at radius 1 is 0.362 bits per heavy atom. The van der Waals surface area contributed by atoms with E-state index in [1.165, 1.54) is 33.4 Å². The lowest BCUT2D eigenvalue weighted by Crippen LogP contribution is -2.14. The van der Waals surface area contributed by atoms with Gasteiger partial charge in [0.1, 0.15) is 11.2 Å². The quantitative estimate of drug-likeness (QED) is 0.170. The summed E-state index contributed by atoms with van der Waals surface area (Å²) >= 11 is 0. The zero-order valence-electron chi connectivity index (χ0n) is 32.3. The van der Waals surface area contributed by atoms with Gasteiger partial charge in [0, 0.05) is 32.9 Å². The Balaban J connectivity index is 1.12. The van der Waals surface area contributed by atoms with Crippen molar-refractivity contribution in [2.45, 2.75) is 19.3 Å². The van der Waals surface area contributed by atoms with Gasteiger partial charge in [0.2, 0.25) is 0 Å². The molecule has 1 aliphatic carbocycles. The lowest BCUT2D eigenvalue weighted by molar-refractivity contribution is 0.660. The molecule has 8 aromatic carbocycles. The molecule has 2 heterocycles. The summed E-state index contributed by atoms with van der Waals surface area (Å²) in [5.74, 6) is 0.693. The lowest BCUT2D eigenvalue weighted by Gasteiger charge is -2.21. The zero-order chi connectivity index (χ0) is 38.8. The van der Waals surface area contributed by atoms with Crippen LogP contribution in [0.25, 0.3) is 100 Å². The van der Waals surface area contributed by atoms with Gasteiger partial charge in [-0.15, -0.1) is 0 Å². The third-order valence-corrected chi connectivity index (χ3v) is 11.9. The molecule has 0 aliphatic heterocycles. The molecule has 0 saturated heterocycles. The fourth-order valence-electron chi connectivity index (χ4n) is 8.94. The average Bonchev–Trinajstić information content (AvgIpc) is 3.78. The summed E-state index contributed by atoms with van der Waals surface area (Å²) in [5.41, 5.74) is 18.8. The number of benzene rings is 8. The highest BCUT2D eigenvalue weighted by Crippen LogP contribution is 2.52. The highest BCUT2D eigenvalue weighted by atomic mass is 16.3. The monoisotopic (exact) mass is 742 g/mol. The molecule has 11 rings (SSSR count). The standard InChI is InChI=1S/C55H38N2O/c1-55(2)47-24-11-9-22-45(47)53-43(23-14-25-48(53)55)39-20-13-19-37(29-39)40-30-41(38-27-28-52-46(33-38)44-21-10-12-26-51(44)58-52)32-42(31-40)50-34-49(35-15-5-3-6-16-35)56-54(57-50)36-17-7-4-8-18-36/h3-34H,1-2H3. The Morgan fingerprint density at radius 2 is 0.914 bits per heavy atom. The minimum absolute atomic E-state index is 0.0705. The predicted octanol–water partition coefficient (Wildman–Crippen LogP) is 14.7. The first-order valence-electron chi connectivity index (χ1n) is 19.9. The van der Waals surface area contributed by atoms with Crippen LogP contribution in [0.1, 0.15) is 25.0 Å². The Hall–Kier alpha value is -7.36. The molecule has 10 aromatic rings. The van der Waals surface area contributed by atoms with E-state index in [1.807, 2.05) is 36.4 Å². The van der Waals surface area contributed by atoms with Crippen LogP contribution in [-0.2, 0) is 5.41 Å². The maximum atomic E-state index is 6.24. The van der Waals surface area contributed by atoms with Gasteiger partial charge in [-0.2, -0.15) is 0 Å². The number of aromatic nitrogens is 2. The van der Waals surface area contributed by atoms with Crippen LogP contribution < -0.4 is 0 Å². The highest BCUT2D eigenvalue weighted by Gasteiger charge is 2.36. The van der Waals surface area contributed by atoms with Gasteiger partial charge in [0.25, 0.3) is 0 Å². The molecule has 0 amide bonds. The molecule has 0 unspecified atom stereocenters. The van der Waals surface area contributed by atoms with Crippen LogP contribution in [0, 0.1) is 0 Å². The Morgan fingerprint density at radius 3 is 1.72 bits per heavy atom. The van der Waals surface area contributed by atoms with Crippen LogP contribution in [0.3, 0.4) is 0 Å². The minimum Gasteiger partial charge on any atom is -0.456 e. The van der Waals surface area contributed by atoms with Crippen LogP contribution in [0.5, 0.6) is 0 Å². The van der Waals surface area contributed by atoms with Crippen LogP contribution in [0.2, 0.25) is 0 Å². The van der Waals surface area contributed by atoms with E-state index in [1.54, 1.807) is 0 Å². The number of hydrogen-bond acceptors (Lipinski definition) is 3. The summed E-state index contributed by atoms with van der Waals surface area (Å²) in [6.07, 6.45) is 0. The van der Waals surface area contributed by atoms with E-state index < -0.39 is 0 Å². The van der Waals surface area contributed by atoms with Crippen LogP contribution >= 0.6 is 0 Å². The minimum atomic E-state index is -0.0705. The van der Waals surface area contributed by atoms with E-state index in [-0.39, 0.29) is 5.41 Å². The average molecular weight is 743 g/mol. The van der Waals surface area contributed by atoms with E-state index in [4.69, 9.17) is 14.4 Å². The Labute approximate surface area is 338 Å². The van der Waals surface area contributed by atoms with E-state index in [2.05, 4.69) is 172 Å². The molecule has 2 aromatic heterocycles. The molecular weight excluding hydrogens is 705 g/mol. The van der Waals surface area contributed by atoms with Crippen molar-refractivity contribution in [2.24, 2.45) is 0 Å². The first-order chi connectivity index (χ1) is 28.5. The fourth-order valence-corrected chi connectivity index (χ4v) is 8.94. The molecule has 0 spiro atoms. The van der Waals surface area contributed by atoms with Crippen molar-refractivity contribution in [3.8, 4) is 78.4 Å². The van der Waals surface area contributed by atoms with Crippen molar-refractivity contribution < 1.29 is 4.42 Å². The first kappa shape index (κ1) is 33.9. The maximum absolute atomic E-state index is 6.24. The van der Waals surface area contributed by atoms with E-state index >= 15 is 0 Å². The third kappa shape index (κ3) is 5.66. The second-order valence-electron chi connectivity index (χ2n) is 15.8. The molecule has 0 bridgehead atoms. The Kier molecular flexibility index (Phi) is 7.84. The summed E-state index contributed by atoms with van der Waals surface area (Å²) in [6.45, 7) is 4.68. The third-order valence-electron chi connectivity index (χ3n) is 11.9. The summed E-state index contributed by atoms with van der Waals surface area (Å²) in [7, 11) is 0. The molecule has 58 heavy (non-hydrogen) atoms. The van der Waals surface area contributed by atoms with Gasteiger partial charge in [0.15, 0.2) is 5.82 Å². The van der Waals surface area contributed by atoms with Crippen LogP contribution in [0.4, 0.5) is 0 Å². The number of para-hydroxylation sites is 1. The number of furan rings is 1. The molecule has 0 saturated carbocycles. The number of nitrogens with zero attached hydrogens (tertiary/aromatic N) is 2. The van der Waals surface area contributed by atoms with Crippen LogP contribution in [0.15, 0.2) is 199 Å². The van der Waals surface area contributed by atoms with Crippen LogP contribution in [-0.4, -0.2) is 9.97 Å². The number of rotatable bonds is 6. The summed E-state index contributed by atoms with van der Waals surface area (Å²) in [5, 5.41) is 2.21. The van der Waals surface area contributed by atoms with Crippen molar-refractivity contribution in [1.82, 2.24) is 9.97 Å². The molecule has 3 heteroatoms. The van der Waals surface area contributed by atoms with Gasteiger partial charge in [-0.1, -0.05) is 159 Å². The van der Waals surface area contributed by atoms with Gasteiger partial charge in [-0.3, -0.25) is 0 Å². The zero-order valence-corrected chi connectivity index (χ0v) is 32.3. The molecule has 1 aliphatic rings. The van der Waals surface area contributed by atoms with Crippen molar-refractivity contribution in [3.05, 3.63) is 205 Å². The molecule has 0 fully saturated rings. The van der Waals surface area contributed by atoms with E-state index in [9.17, 15) is 0 Å². The number of fused-ring (bicyclic) bond motifs is 6. The first-order valence-corrected chi connectivity index (χ1v) is 19.9. The predicted molar refractivity (Wildman–Crippen MR) is 239 cm³/mol. The van der Waals surface area contributed by atoms with Crippen molar-refractivity contribution in [3.63, 3.8) is 0 Å². The SMILES string of the molecule is CC1(C)c2ccccc2-c2c(-c3cccc(-c4cc(-c5ccc6oc7ccccc7c6c5)cc(-c5cc(-c6ccccc6)nc(-c6ccccc6)n5)c4)c3)cccc21. The Bertz CT molecular complexity index is 3140. The summed E-state index contributed by atoms with van der Waals surface area (Å²) < 4.78 is 6.24. The smallest absolute Gasteiger partial charge is 0.160 e. The van der Waals surface area contributed by atoms with Gasteiger partial charge < -0.3 is 4.42 Å². The van der Waals surface area contributed by atoms with Crippen molar-refractivity contribution >= 4 is 21.9 Å². The molecular formula is C55H38N2O. The molecule has 0 N–H and O–H groups in total. The largest absolute Gasteiger partial charge is 0.456 e. The fraction of sp³-hybridized carbons (Fsp3) is 0.0545. The lowest BCUT2D eigenvalue weighted by atomic mass is 9.82. The van der Waals surface area contributed by atoms with E-state index in [0.29, 0.717) is 5.82 Å². The molecule has 274 valence electrons. The van der Waals surface area contributed by atoms with Gasteiger partial charge >= 0.3 is 0 Å². The van der Waals surface area contributed by atoms with Crippen molar-refractivity contribution in [1.29, 1.82) is 0 Å². The van der Waals surface area contributed by atoms with Gasteiger partial charge in [0.05, 0.1) is 11.4 Å². The topological polar surface area (TPSA) is 38.9 Å². The summed E-state index contributed by atoms with van der Waals surface area (Å²) in [4.78, 5) is 10.4. The normalized spacial score (nSPS) is 12.8. The molecule has 3 nitrogen and oxygen atoms in total. The van der Waals surface area contributed by atoms with Gasteiger partial charge in [-0.25, -0.2) is 9.97 Å². The molecule has 0 atom stereocenters. The molecule has 0 radical (unpaired) electrons. The van der Waals surface area contributed by atoms with Crippen molar-refractivity contribution in [2.75, 3.05) is 0 Å². The summed E-state index contributed by atoms with van der Waals surface area (Å²) in [6, 6.07) is 69.1. The van der Waals surface area contributed by atoms with Gasteiger partial charge in [-0.05, 0) is 104 Å². The maximum Gasteiger partial charge on any atom is 0.160 e.